The zero-order valence-corrected chi connectivity index (χ0v) is 22.3. The van der Waals surface area contributed by atoms with E-state index < -0.39 is 5.97 Å². The standard InChI is InChI=1S/C30H44O4/c1-18(16-20(31)17-19(2)26(33)34)21-10-14-30(7)23-8-9-24-27(3,4)25(32)12-13-28(24,5)22(23)11-15-29(21,30)6/h8,17-18,21-22,24H,9-16H2,1-7H3,(H,33,34)/t18-,21-,22+,24+,28-,29-,30+/m1/s1. The van der Waals surface area contributed by atoms with Crippen LogP contribution in [0.1, 0.15) is 99.8 Å². The molecule has 0 bridgehead atoms. The number of hydrogen-bond acceptors (Lipinski definition) is 3. The molecule has 0 heterocycles. The van der Waals surface area contributed by atoms with Crippen LogP contribution in [0.15, 0.2) is 23.3 Å². The maximum absolute atomic E-state index is 12.8. The molecule has 0 amide bonds. The number of Topliss-reactive ketones (excluding diaryl/α,β-unsaturated/α-hetero) is 1. The van der Waals surface area contributed by atoms with Crippen molar-refractivity contribution in [1.29, 1.82) is 0 Å². The van der Waals surface area contributed by atoms with Crippen LogP contribution >= 0.6 is 0 Å². The Morgan fingerprint density at radius 2 is 1.79 bits per heavy atom. The van der Waals surface area contributed by atoms with Gasteiger partial charge in [0.2, 0.25) is 0 Å². The third kappa shape index (κ3) is 3.49. The number of carboxylic acids is 1. The van der Waals surface area contributed by atoms with E-state index in [0.717, 1.165) is 32.1 Å². The summed E-state index contributed by atoms with van der Waals surface area (Å²) in [5, 5.41) is 9.12. The van der Waals surface area contributed by atoms with Crippen LogP contribution in [-0.2, 0) is 14.4 Å². The first-order valence-corrected chi connectivity index (χ1v) is 13.4. The Bertz CT molecular complexity index is 970. The minimum absolute atomic E-state index is 0.0698. The largest absolute Gasteiger partial charge is 0.478 e. The summed E-state index contributed by atoms with van der Waals surface area (Å²) in [5.74, 6) is 0.993. The van der Waals surface area contributed by atoms with Crippen LogP contribution in [0.5, 0.6) is 0 Å². The van der Waals surface area contributed by atoms with Crippen molar-refractivity contribution in [2.45, 2.75) is 99.8 Å². The van der Waals surface area contributed by atoms with Crippen molar-refractivity contribution in [3.05, 3.63) is 23.3 Å². The molecule has 4 aliphatic carbocycles. The van der Waals surface area contributed by atoms with Crippen LogP contribution in [-0.4, -0.2) is 22.6 Å². The van der Waals surface area contributed by atoms with E-state index in [1.54, 1.807) is 5.57 Å². The average Bonchev–Trinajstić information content (AvgIpc) is 3.02. The molecule has 3 saturated carbocycles. The minimum Gasteiger partial charge on any atom is -0.478 e. The van der Waals surface area contributed by atoms with Gasteiger partial charge in [0.05, 0.1) is 0 Å². The van der Waals surface area contributed by atoms with Crippen molar-refractivity contribution in [3.63, 3.8) is 0 Å². The fraction of sp³-hybridized carbons (Fsp3) is 0.767. The molecule has 0 saturated heterocycles. The number of aliphatic carboxylic acids is 1. The SMILES string of the molecule is CC(=CC(=O)C[C@@H](C)[C@H]1CC[C@@]2(C)C3=CC[C@H]4C(C)(C)C(=O)CC[C@]4(C)[C@H]3CC[C@]12C)C(=O)O. The molecule has 0 aromatic rings. The normalized spacial score (nSPS) is 42.2. The second-order valence-corrected chi connectivity index (χ2v) is 13.4. The van der Waals surface area contributed by atoms with Crippen LogP contribution in [0.4, 0.5) is 0 Å². The van der Waals surface area contributed by atoms with Gasteiger partial charge in [-0.25, -0.2) is 4.79 Å². The van der Waals surface area contributed by atoms with Crippen LogP contribution in [0.3, 0.4) is 0 Å². The zero-order chi connectivity index (χ0) is 25.3. The molecule has 0 aromatic carbocycles. The van der Waals surface area contributed by atoms with E-state index in [-0.39, 0.29) is 38.9 Å². The maximum Gasteiger partial charge on any atom is 0.331 e. The van der Waals surface area contributed by atoms with E-state index in [4.69, 9.17) is 5.11 Å². The van der Waals surface area contributed by atoms with Crippen LogP contribution in [0.25, 0.3) is 0 Å². The summed E-state index contributed by atoms with van der Waals surface area (Å²) in [7, 11) is 0. The van der Waals surface area contributed by atoms with Crippen molar-refractivity contribution in [2.75, 3.05) is 0 Å². The maximum atomic E-state index is 12.8. The topological polar surface area (TPSA) is 71.4 Å². The molecule has 7 atom stereocenters. The number of fused-ring (bicyclic) bond motifs is 5. The fourth-order valence-electron chi connectivity index (χ4n) is 9.29. The summed E-state index contributed by atoms with van der Waals surface area (Å²) < 4.78 is 0. The number of ketones is 2. The summed E-state index contributed by atoms with van der Waals surface area (Å²) >= 11 is 0. The van der Waals surface area contributed by atoms with Gasteiger partial charge < -0.3 is 5.11 Å². The summed E-state index contributed by atoms with van der Waals surface area (Å²) in [4.78, 5) is 36.5. The van der Waals surface area contributed by atoms with Gasteiger partial charge in [0.25, 0.3) is 0 Å². The number of hydrogen-bond donors (Lipinski definition) is 1. The van der Waals surface area contributed by atoms with E-state index >= 15 is 0 Å². The highest BCUT2D eigenvalue weighted by Gasteiger charge is 2.65. The first-order chi connectivity index (χ1) is 15.7. The van der Waals surface area contributed by atoms with Gasteiger partial charge in [-0.05, 0) is 91.4 Å². The molecule has 188 valence electrons. The molecule has 0 radical (unpaired) electrons. The molecule has 4 nitrogen and oxygen atoms in total. The van der Waals surface area contributed by atoms with Crippen molar-refractivity contribution in [2.24, 2.45) is 45.3 Å². The molecule has 0 aromatic heterocycles. The lowest BCUT2D eigenvalue weighted by molar-refractivity contribution is -0.146. The Morgan fingerprint density at radius 1 is 1.12 bits per heavy atom. The first-order valence-electron chi connectivity index (χ1n) is 13.4. The van der Waals surface area contributed by atoms with Gasteiger partial charge in [-0.3, -0.25) is 9.59 Å². The molecule has 3 fully saturated rings. The minimum atomic E-state index is -1.02. The highest BCUT2D eigenvalue weighted by atomic mass is 16.4. The van der Waals surface area contributed by atoms with Crippen molar-refractivity contribution in [1.82, 2.24) is 0 Å². The predicted molar refractivity (Wildman–Crippen MR) is 134 cm³/mol. The van der Waals surface area contributed by atoms with E-state index in [0.29, 0.717) is 36.4 Å². The highest BCUT2D eigenvalue weighted by molar-refractivity contribution is 5.98. The summed E-state index contributed by atoms with van der Waals surface area (Å²) in [6.07, 6.45) is 11.6. The van der Waals surface area contributed by atoms with Crippen LogP contribution in [0, 0.1) is 45.3 Å². The number of rotatable bonds is 5. The van der Waals surface area contributed by atoms with E-state index in [1.165, 1.54) is 19.4 Å². The molecular formula is C30H44O4. The zero-order valence-electron chi connectivity index (χ0n) is 22.3. The van der Waals surface area contributed by atoms with Gasteiger partial charge in [0.15, 0.2) is 5.78 Å². The molecule has 34 heavy (non-hydrogen) atoms. The molecule has 1 N–H and O–H groups in total. The monoisotopic (exact) mass is 468 g/mol. The van der Waals surface area contributed by atoms with Crippen molar-refractivity contribution >= 4 is 17.5 Å². The fourth-order valence-corrected chi connectivity index (χ4v) is 9.29. The van der Waals surface area contributed by atoms with Crippen molar-refractivity contribution in [3.8, 4) is 0 Å². The molecule has 0 aliphatic heterocycles. The van der Waals surface area contributed by atoms with Crippen LogP contribution < -0.4 is 0 Å². The molecule has 0 unspecified atom stereocenters. The summed E-state index contributed by atoms with van der Waals surface area (Å²) in [6.45, 7) is 15.5. The van der Waals surface area contributed by atoms with Gasteiger partial charge >= 0.3 is 5.97 Å². The number of carbonyl (C=O) groups is 3. The Kier molecular flexibility index (Phi) is 6.10. The van der Waals surface area contributed by atoms with Crippen LogP contribution in [0.2, 0.25) is 0 Å². The molecule has 4 aliphatic rings. The average molecular weight is 469 g/mol. The van der Waals surface area contributed by atoms with Gasteiger partial charge in [-0.2, -0.15) is 0 Å². The van der Waals surface area contributed by atoms with E-state index in [1.807, 2.05) is 0 Å². The van der Waals surface area contributed by atoms with Gasteiger partial charge in [0, 0.05) is 23.8 Å². The Balaban J connectivity index is 1.61. The first kappa shape index (κ1) is 25.4. The third-order valence-corrected chi connectivity index (χ3v) is 11.6. The molecular weight excluding hydrogens is 424 g/mol. The molecule has 4 heteroatoms. The third-order valence-electron chi connectivity index (χ3n) is 11.6. The highest BCUT2D eigenvalue weighted by Crippen LogP contribution is 2.73. The van der Waals surface area contributed by atoms with Crippen molar-refractivity contribution < 1.29 is 19.5 Å². The molecule has 0 spiro atoms. The summed E-state index contributed by atoms with van der Waals surface area (Å²) in [5.41, 5.74) is 1.97. The summed E-state index contributed by atoms with van der Waals surface area (Å²) in [6, 6.07) is 0. The van der Waals surface area contributed by atoms with Gasteiger partial charge in [0.1, 0.15) is 5.78 Å². The Morgan fingerprint density at radius 3 is 2.44 bits per heavy atom. The number of carbonyl (C=O) groups excluding carboxylic acids is 2. The lowest BCUT2D eigenvalue weighted by Gasteiger charge is -2.63. The smallest absolute Gasteiger partial charge is 0.331 e. The number of allylic oxidation sites excluding steroid dienone is 3. The lowest BCUT2D eigenvalue weighted by Crippen LogP contribution is -2.57. The molecule has 4 rings (SSSR count). The second-order valence-electron chi connectivity index (χ2n) is 13.4. The van der Waals surface area contributed by atoms with E-state index in [9.17, 15) is 14.4 Å². The lowest BCUT2D eigenvalue weighted by atomic mass is 9.41. The van der Waals surface area contributed by atoms with E-state index in [2.05, 4.69) is 47.6 Å². The number of carboxylic acid groups (broad SMARTS) is 1. The van der Waals surface area contributed by atoms with Gasteiger partial charge in [-0.15, -0.1) is 0 Å². The second kappa shape index (κ2) is 8.17. The Labute approximate surface area is 205 Å². The Hall–Kier alpha value is -1.71. The predicted octanol–water partition coefficient (Wildman–Crippen LogP) is 6.79. The quantitative estimate of drug-likeness (QED) is 0.356. The van der Waals surface area contributed by atoms with Gasteiger partial charge in [-0.1, -0.05) is 53.2 Å².